The van der Waals surface area contributed by atoms with Crippen molar-refractivity contribution in [3.8, 4) is 5.75 Å². The Morgan fingerprint density at radius 1 is 1.11 bits per heavy atom. The minimum atomic E-state index is 0.187. The molecule has 1 aliphatic carbocycles. The Bertz CT molecular complexity index is 375. The average Bonchev–Trinajstić information content (AvgIpc) is 2.55. The van der Waals surface area contributed by atoms with E-state index in [1.807, 2.05) is 6.07 Å². The standard InChI is InChI=1S/C16H25NO/c1-12(2)13-8-6-7-10-15(13)18-16-11-5-3-4-9-14(16)17/h6-8,10,12,14,16H,3-5,9,11,17H2,1-2H3. The van der Waals surface area contributed by atoms with Crippen LogP contribution < -0.4 is 10.5 Å². The third-order valence-corrected chi connectivity index (χ3v) is 3.82. The van der Waals surface area contributed by atoms with E-state index in [0.29, 0.717) is 5.92 Å². The van der Waals surface area contributed by atoms with Gasteiger partial charge in [-0.05, 0) is 36.8 Å². The molecule has 0 amide bonds. The van der Waals surface area contributed by atoms with E-state index in [1.54, 1.807) is 0 Å². The summed E-state index contributed by atoms with van der Waals surface area (Å²) in [6, 6.07) is 8.54. The van der Waals surface area contributed by atoms with Crippen LogP contribution in [-0.4, -0.2) is 12.1 Å². The van der Waals surface area contributed by atoms with E-state index in [-0.39, 0.29) is 12.1 Å². The van der Waals surface area contributed by atoms with Crippen LogP contribution >= 0.6 is 0 Å². The van der Waals surface area contributed by atoms with Gasteiger partial charge in [0.1, 0.15) is 11.9 Å². The van der Waals surface area contributed by atoms with Crippen molar-refractivity contribution in [2.24, 2.45) is 5.73 Å². The first kappa shape index (κ1) is 13.4. The Labute approximate surface area is 111 Å². The summed E-state index contributed by atoms with van der Waals surface area (Å²) in [6.07, 6.45) is 6.14. The van der Waals surface area contributed by atoms with E-state index >= 15 is 0 Å². The summed E-state index contributed by atoms with van der Waals surface area (Å²) in [5.74, 6) is 1.51. The Morgan fingerprint density at radius 2 is 1.83 bits per heavy atom. The third kappa shape index (κ3) is 3.26. The van der Waals surface area contributed by atoms with E-state index in [2.05, 4.69) is 32.0 Å². The topological polar surface area (TPSA) is 35.2 Å². The van der Waals surface area contributed by atoms with Crippen molar-refractivity contribution < 1.29 is 4.74 Å². The molecule has 1 aromatic rings. The van der Waals surface area contributed by atoms with Gasteiger partial charge < -0.3 is 10.5 Å². The number of hydrogen-bond donors (Lipinski definition) is 1. The van der Waals surface area contributed by atoms with Crippen molar-refractivity contribution in [1.82, 2.24) is 0 Å². The molecule has 18 heavy (non-hydrogen) atoms. The van der Waals surface area contributed by atoms with E-state index in [9.17, 15) is 0 Å². The van der Waals surface area contributed by atoms with Crippen molar-refractivity contribution in [3.63, 3.8) is 0 Å². The minimum absolute atomic E-state index is 0.187. The molecule has 2 unspecified atom stereocenters. The van der Waals surface area contributed by atoms with Gasteiger partial charge in [0, 0.05) is 6.04 Å². The zero-order chi connectivity index (χ0) is 13.0. The lowest BCUT2D eigenvalue weighted by atomic mass is 10.0. The Balaban J connectivity index is 2.12. The zero-order valence-corrected chi connectivity index (χ0v) is 11.6. The van der Waals surface area contributed by atoms with Gasteiger partial charge >= 0.3 is 0 Å². The summed E-state index contributed by atoms with van der Waals surface area (Å²) in [4.78, 5) is 0. The molecular weight excluding hydrogens is 222 g/mol. The Morgan fingerprint density at radius 3 is 2.61 bits per heavy atom. The average molecular weight is 247 g/mol. The van der Waals surface area contributed by atoms with E-state index in [1.165, 1.54) is 24.8 Å². The van der Waals surface area contributed by atoms with Gasteiger partial charge in [0.25, 0.3) is 0 Å². The fourth-order valence-corrected chi connectivity index (χ4v) is 2.68. The van der Waals surface area contributed by atoms with Crippen LogP contribution in [0.1, 0.15) is 57.4 Å². The normalized spacial score (nSPS) is 24.9. The molecule has 2 heteroatoms. The minimum Gasteiger partial charge on any atom is -0.489 e. The summed E-state index contributed by atoms with van der Waals surface area (Å²) in [5.41, 5.74) is 7.51. The number of para-hydroxylation sites is 1. The van der Waals surface area contributed by atoms with Gasteiger partial charge in [0.05, 0.1) is 0 Å². The molecule has 2 atom stereocenters. The second-order valence-electron chi connectivity index (χ2n) is 5.65. The molecule has 0 aliphatic heterocycles. The number of rotatable bonds is 3. The second kappa shape index (κ2) is 6.24. The lowest BCUT2D eigenvalue weighted by Gasteiger charge is -2.25. The summed E-state index contributed by atoms with van der Waals surface area (Å²) in [5, 5.41) is 0. The molecule has 2 N–H and O–H groups in total. The molecule has 0 bridgehead atoms. The monoisotopic (exact) mass is 247 g/mol. The van der Waals surface area contributed by atoms with Gasteiger partial charge in [0.15, 0.2) is 0 Å². The molecular formula is C16H25NO. The molecule has 100 valence electrons. The maximum atomic E-state index is 6.23. The van der Waals surface area contributed by atoms with Gasteiger partial charge in [-0.1, -0.05) is 44.9 Å². The molecule has 2 rings (SSSR count). The van der Waals surface area contributed by atoms with Crippen molar-refractivity contribution in [2.45, 2.75) is 64.0 Å². The van der Waals surface area contributed by atoms with Gasteiger partial charge in [0.2, 0.25) is 0 Å². The molecule has 0 heterocycles. The Kier molecular flexibility index (Phi) is 4.65. The van der Waals surface area contributed by atoms with Gasteiger partial charge in [-0.25, -0.2) is 0 Å². The fourth-order valence-electron chi connectivity index (χ4n) is 2.68. The maximum Gasteiger partial charge on any atom is 0.123 e. The summed E-state index contributed by atoms with van der Waals surface area (Å²) < 4.78 is 6.22. The SMILES string of the molecule is CC(C)c1ccccc1OC1CCCCCC1N. The lowest BCUT2D eigenvalue weighted by Crippen LogP contribution is -2.38. The molecule has 2 nitrogen and oxygen atoms in total. The highest BCUT2D eigenvalue weighted by molar-refractivity contribution is 5.35. The van der Waals surface area contributed by atoms with Gasteiger partial charge in [-0.3, -0.25) is 0 Å². The van der Waals surface area contributed by atoms with Crippen molar-refractivity contribution in [2.75, 3.05) is 0 Å². The number of nitrogens with two attached hydrogens (primary N) is 1. The smallest absolute Gasteiger partial charge is 0.123 e. The van der Waals surface area contributed by atoms with Crippen LogP contribution in [0.2, 0.25) is 0 Å². The fraction of sp³-hybridized carbons (Fsp3) is 0.625. The molecule has 1 saturated carbocycles. The van der Waals surface area contributed by atoms with Crippen molar-refractivity contribution in [1.29, 1.82) is 0 Å². The molecule has 0 radical (unpaired) electrons. The van der Waals surface area contributed by atoms with Crippen LogP contribution in [0.4, 0.5) is 0 Å². The van der Waals surface area contributed by atoms with E-state index in [4.69, 9.17) is 10.5 Å². The zero-order valence-electron chi connectivity index (χ0n) is 11.6. The Hall–Kier alpha value is -1.02. The molecule has 0 aromatic heterocycles. The van der Waals surface area contributed by atoms with E-state index < -0.39 is 0 Å². The van der Waals surface area contributed by atoms with Crippen LogP contribution in [0.15, 0.2) is 24.3 Å². The largest absolute Gasteiger partial charge is 0.489 e. The van der Waals surface area contributed by atoms with Crippen LogP contribution in [0.25, 0.3) is 0 Å². The second-order valence-corrected chi connectivity index (χ2v) is 5.65. The van der Waals surface area contributed by atoms with Crippen molar-refractivity contribution in [3.05, 3.63) is 29.8 Å². The van der Waals surface area contributed by atoms with Crippen molar-refractivity contribution >= 4 is 0 Å². The summed E-state index contributed by atoms with van der Waals surface area (Å²) in [6.45, 7) is 4.41. The molecule has 1 aromatic carbocycles. The molecule has 1 aliphatic rings. The molecule has 0 saturated heterocycles. The quantitative estimate of drug-likeness (QED) is 0.823. The number of ether oxygens (including phenoxy) is 1. The lowest BCUT2D eigenvalue weighted by molar-refractivity contribution is 0.161. The van der Waals surface area contributed by atoms with E-state index in [0.717, 1.165) is 18.6 Å². The first-order chi connectivity index (χ1) is 8.68. The predicted octanol–water partition coefficient (Wildman–Crippen LogP) is 3.85. The summed E-state index contributed by atoms with van der Waals surface area (Å²) >= 11 is 0. The van der Waals surface area contributed by atoms with Gasteiger partial charge in [-0.15, -0.1) is 0 Å². The molecule has 0 spiro atoms. The number of benzene rings is 1. The highest BCUT2D eigenvalue weighted by Gasteiger charge is 2.23. The first-order valence-corrected chi connectivity index (χ1v) is 7.19. The highest BCUT2D eigenvalue weighted by Crippen LogP contribution is 2.29. The highest BCUT2D eigenvalue weighted by atomic mass is 16.5. The first-order valence-electron chi connectivity index (χ1n) is 7.19. The molecule has 1 fully saturated rings. The number of hydrogen-bond acceptors (Lipinski definition) is 2. The van der Waals surface area contributed by atoms with Gasteiger partial charge in [-0.2, -0.15) is 0 Å². The van der Waals surface area contributed by atoms with Crippen LogP contribution in [0.5, 0.6) is 5.75 Å². The maximum absolute atomic E-state index is 6.23. The predicted molar refractivity (Wildman–Crippen MR) is 76.0 cm³/mol. The van der Waals surface area contributed by atoms with Crippen LogP contribution in [-0.2, 0) is 0 Å². The van der Waals surface area contributed by atoms with Crippen LogP contribution in [0, 0.1) is 0 Å². The van der Waals surface area contributed by atoms with Crippen LogP contribution in [0.3, 0.4) is 0 Å². The summed E-state index contributed by atoms with van der Waals surface area (Å²) in [7, 11) is 0. The third-order valence-electron chi connectivity index (χ3n) is 3.82.